The number of hydrogen-bond donors (Lipinski definition) is 1. The van der Waals surface area contributed by atoms with Crippen LogP contribution in [-0.4, -0.2) is 24.3 Å². The molecule has 0 spiro atoms. The van der Waals surface area contributed by atoms with Crippen molar-refractivity contribution in [3.05, 3.63) is 21.7 Å². The maximum absolute atomic E-state index is 11.1. The Bertz CT molecular complexity index is 551. The van der Waals surface area contributed by atoms with Crippen LogP contribution < -0.4 is 9.47 Å². The van der Waals surface area contributed by atoms with Crippen LogP contribution in [0.5, 0.6) is 11.5 Å². The summed E-state index contributed by atoms with van der Waals surface area (Å²) in [4.78, 5) is 11.1. The summed E-state index contributed by atoms with van der Waals surface area (Å²) in [5.74, 6) is 1.29. The van der Waals surface area contributed by atoms with Crippen molar-refractivity contribution in [1.29, 1.82) is 0 Å². The number of carbonyl (C=O) groups is 1. The van der Waals surface area contributed by atoms with E-state index in [1.807, 2.05) is 13.0 Å². The summed E-state index contributed by atoms with van der Waals surface area (Å²) in [5, 5.41) is 9.15. The van der Waals surface area contributed by atoms with E-state index < -0.39 is 5.97 Å². The van der Waals surface area contributed by atoms with Gasteiger partial charge in [0.05, 0.1) is 6.42 Å². The molecule has 1 aromatic rings. The zero-order chi connectivity index (χ0) is 14.3. The van der Waals surface area contributed by atoms with Gasteiger partial charge in [-0.05, 0) is 43.2 Å². The molecule has 1 atom stereocenters. The van der Waals surface area contributed by atoms with E-state index in [1.165, 1.54) is 0 Å². The molecule has 2 aliphatic rings. The molecule has 1 aromatic carbocycles. The second-order valence-electron chi connectivity index (χ2n) is 5.47. The van der Waals surface area contributed by atoms with E-state index in [0.29, 0.717) is 19.1 Å². The molecule has 1 heterocycles. The highest BCUT2D eigenvalue weighted by atomic mass is 79.9. The molecule has 3 rings (SSSR count). The van der Waals surface area contributed by atoms with Gasteiger partial charge in [-0.2, -0.15) is 0 Å². The summed E-state index contributed by atoms with van der Waals surface area (Å²) in [6.45, 7) is 3.08. The van der Waals surface area contributed by atoms with Crippen molar-refractivity contribution in [1.82, 2.24) is 0 Å². The van der Waals surface area contributed by atoms with E-state index in [9.17, 15) is 4.79 Å². The van der Waals surface area contributed by atoms with Gasteiger partial charge < -0.3 is 14.6 Å². The van der Waals surface area contributed by atoms with Gasteiger partial charge in [0, 0.05) is 10.0 Å². The van der Waals surface area contributed by atoms with Crippen LogP contribution in [0, 0.1) is 12.8 Å². The summed E-state index contributed by atoms with van der Waals surface area (Å²) >= 11 is 3.62. The molecule has 108 valence electrons. The predicted molar refractivity (Wildman–Crippen MR) is 77.6 cm³/mol. The molecule has 20 heavy (non-hydrogen) atoms. The van der Waals surface area contributed by atoms with Crippen LogP contribution in [0.15, 0.2) is 10.5 Å². The Kier molecular flexibility index (Phi) is 3.63. The number of halogens is 1. The fourth-order valence-corrected chi connectivity index (χ4v) is 3.43. The molecule has 1 N–H and O–H groups in total. The number of fused-ring (bicyclic) bond motifs is 1. The Morgan fingerprint density at radius 2 is 2.15 bits per heavy atom. The van der Waals surface area contributed by atoms with Crippen molar-refractivity contribution >= 4 is 21.9 Å². The molecule has 1 aliphatic carbocycles. The number of rotatable bonds is 4. The summed E-state index contributed by atoms with van der Waals surface area (Å²) in [5.41, 5.74) is 2.03. The van der Waals surface area contributed by atoms with E-state index >= 15 is 0 Å². The number of carboxylic acids is 1. The van der Waals surface area contributed by atoms with E-state index in [4.69, 9.17) is 14.6 Å². The number of benzene rings is 1. The third-order valence-electron chi connectivity index (χ3n) is 4.01. The molecule has 1 fully saturated rings. The first-order valence-corrected chi connectivity index (χ1v) is 7.67. The van der Waals surface area contributed by atoms with Gasteiger partial charge in [0.2, 0.25) is 0 Å². The average Bonchev–Trinajstić information content (AvgIpc) is 3.25. The van der Waals surface area contributed by atoms with Gasteiger partial charge in [0.1, 0.15) is 13.2 Å². The van der Waals surface area contributed by atoms with E-state index in [1.54, 1.807) is 0 Å². The number of hydrogen-bond acceptors (Lipinski definition) is 3. The standard InChI is InChI=1S/C15H17BrO4/c1-8-14(16)11(6-12-15(8)20-5-4-19-12)10(7-13(17)18)9-2-3-9/h6,9-10H,2-5,7H2,1H3,(H,17,18). The van der Waals surface area contributed by atoms with Crippen molar-refractivity contribution in [2.24, 2.45) is 5.92 Å². The summed E-state index contributed by atoms with van der Waals surface area (Å²) in [6, 6.07) is 1.96. The van der Waals surface area contributed by atoms with Gasteiger partial charge in [0.25, 0.3) is 0 Å². The smallest absolute Gasteiger partial charge is 0.303 e. The molecule has 1 saturated carbocycles. The van der Waals surface area contributed by atoms with E-state index in [-0.39, 0.29) is 12.3 Å². The first-order valence-electron chi connectivity index (χ1n) is 6.88. The van der Waals surface area contributed by atoms with Crippen molar-refractivity contribution in [2.45, 2.75) is 32.1 Å². The second kappa shape index (κ2) is 5.28. The van der Waals surface area contributed by atoms with E-state index in [0.717, 1.165) is 39.9 Å². The molecule has 1 aliphatic heterocycles. The number of aliphatic carboxylic acids is 1. The summed E-state index contributed by atoms with van der Waals surface area (Å²) < 4.78 is 12.3. The van der Waals surface area contributed by atoms with Gasteiger partial charge in [-0.25, -0.2) is 0 Å². The average molecular weight is 341 g/mol. The largest absolute Gasteiger partial charge is 0.486 e. The minimum Gasteiger partial charge on any atom is -0.486 e. The lowest BCUT2D eigenvalue weighted by Crippen LogP contribution is -2.18. The van der Waals surface area contributed by atoms with Crippen LogP contribution in [0.3, 0.4) is 0 Å². The van der Waals surface area contributed by atoms with Crippen LogP contribution in [0.1, 0.15) is 36.3 Å². The molecular weight excluding hydrogens is 324 g/mol. The van der Waals surface area contributed by atoms with Gasteiger partial charge in [-0.3, -0.25) is 4.79 Å². The lowest BCUT2D eigenvalue weighted by atomic mass is 9.89. The molecule has 0 bridgehead atoms. The molecule has 5 heteroatoms. The Morgan fingerprint density at radius 3 is 2.80 bits per heavy atom. The van der Waals surface area contributed by atoms with Gasteiger partial charge in [0.15, 0.2) is 11.5 Å². The Morgan fingerprint density at radius 1 is 1.45 bits per heavy atom. The highest BCUT2D eigenvalue weighted by Gasteiger charge is 2.36. The Hall–Kier alpha value is -1.23. The van der Waals surface area contributed by atoms with Gasteiger partial charge in [-0.1, -0.05) is 15.9 Å². The number of ether oxygens (including phenoxy) is 2. The maximum atomic E-state index is 11.1. The van der Waals surface area contributed by atoms with Crippen molar-refractivity contribution in [2.75, 3.05) is 13.2 Å². The highest BCUT2D eigenvalue weighted by Crippen LogP contribution is 2.50. The normalized spacial score (nSPS) is 18.7. The van der Waals surface area contributed by atoms with Crippen LogP contribution in [0.2, 0.25) is 0 Å². The summed E-state index contributed by atoms with van der Waals surface area (Å²) in [6.07, 6.45) is 2.39. The lowest BCUT2D eigenvalue weighted by Gasteiger charge is -2.25. The molecule has 0 radical (unpaired) electrons. The number of carboxylic acid groups (broad SMARTS) is 1. The fraction of sp³-hybridized carbons (Fsp3) is 0.533. The van der Waals surface area contributed by atoms with Crippen LogP contribution in [0.25, 0.3) is 0 Å². The first kappa shape index (κ1) is 13.7. The fourth-order valence-electron chi connectivity index (χ4n) is 2.84. The highest BCUT2D eigenvalue weighted by molar-refractivity contribution is 9.10. The molecule has 0 saturated heterocycles. The van der Waals surface area contributed by atoms with Crippen molar-refractivity contribution in [3.8, 4) is 11.5 Å². The monoisotopic (exact) mass is 340 g/mol. The SMILES string of the molecule is Cc1c(Br)c(C(CC(=O)O)C2CC2)cc2c1OCCO2. The topological polar surface area (TPSA) is 55.8 Å². The molecule has 0 aromatic heterocycles. The van der Waals surface area contributed by atoms with Crippen LogP contribution >= 0.6 is 15.9 Å². The quantitative estimate of drug-likeness (QED) is 0.911. The molecule has 0 amide bonds. The van der Waals surface area contributed by atoms with Crippen molar-refractivity contribution < 1.29 is 19.4 Å². The molecule has 1 unspecified atom stereocenters. The third kappa shape index (κ3) is 2.51. The minimum atomic E-state index is -0.749. The van der Waals surface area contributed by atoms with Gasteiger partial charge in [-0.15, -0.1) is 0 Å². The Balaban J connectivity index is 2.03. The second-order valence-corrected chi connectivity index (χ2v) is 6.26. The zero-order valence-electron chi connectivity index (χ0n) is 11.3. The van der Waals surface area contributed by atoms with E-state index in [2.05, 4.69) is 15.9 Å². The van der Waals surface area contributed by atoms with Gasteiger partial charge >= 0.3 is 5.97 Å². The van der Waals surface area contributed by atoms with Crippen molar-refractivity contribution in [3.63, 3.8) is 0 Å². The molecular formula is C15H17BrO4. The lowest BCUT2D eigenvalue weighted by molar-refractivity contribution is -0.137. The minimum absolute atomic E-state index is 0.0522. The molecule has 4 nitrogen and oxygen atoms in total. The first-order chi connectivity index (χ1) is 9.58. The predicted octanol–water partition coefficient (Wildman–Crippen LogP) is 3.50. The summed E-state index contributed by atoms with van der Waals surface area (Å²) in [7, 11) is 0. The third-order valence-corrected chi connectivity index (χ3v) is 5.06. The van der Waals surface area contributed by atoms with Crippen LogP contribution in [0.4, 0.5) is 0 Å². The van der Waals surface area contributed by atoms with Crippen LogP contribution in [-0.2, 0) is 4.79 Å². The Labute approximate surface area is 126 Å². The zero-order valence-corrected chi connectivity index (χ0v) is 12.9. The maximum Gasteiger partial charge on any atom is 0.303 e.